The van der Waals surface area contributed by atoms with Crippen LogP contribution in [0.1, 0.15) is 0 Å². The van der Waals surface area contributed by atoms with Crippen molar-refractivity contribution < 1.29 is 8.83 Å². The molecule has 4 heterocycles. The summed E-state index contributed by atoms with van der Waals surface area (Å²) in [5.41, 5.74) is 7.46. The molecule has 254 valence electrons. The van der Waals surface area contributed by atoms with Crippen molar-refractivity contribution in [3.05, 3.63) is 109 Å². The minimum absolute atomic E-state index is 0.0661. The molecule has 14 heteroatoms. The van der Waals surface area contributed by atoms with Gasteiger partial charge in [-0.3, -0.25) is 4.57 Å². The van der Waals surface area contributed by atoms with E-state index in [0.29, 0.717) is 55.7 Å². The average molecular weight is 733 g/mol. The Hall–Kier alpha value is -6.53. The summed E-state index contributed by atoms with van der Waals surface area (Å²) in [6, 6.07) is 35.5. The predicted octanol–water partition coefficient (Wildman–Crippen LogP) is 2.12. The van der Waals surface area contributed by atoms with Gasteiger partial charge in [-0.1, -0.05) is 113 Å². The minimum atomic E-state index is 0.0661. The Morgan fingerprint density at radius 2 is 0.881 bits per heavy atom. The maximum absolute atomic E-state index is 6.81. The second kappa shape index (κ2) is 13.0. The topological polar surface area (TPSA) is 69.9 Å². The van der Waals surface area contributed by atoms with E-state index in [0.717, 1.165) is 43.8 Å². The first-order valence-corrected chi connectivity index (χ1v) is 18.6. The number of hydrogen-bond donors (Lipinski definition) is 0. The van der Waals surface area contributed by atoms with Crippen molar-refractivity contribution in [2.45, 2.75) is 0 Å². The van der Waals surface area contributed by atoms with Crippen LogP contribution in [0.3, 0.4) is 0 Å². The zero-order valence-electron chi connectivity index (χ0n) is 31.1. The van der Waals surface area contributed by atoms with E-state index in [1.165, 1.54) is 0 Å². The van der Waals surface area contributed by atoms with Crippen molar-refractivity contribution in [3.8, 4) is 39.9 Å². The van der Waals surface area contributed by atoms with Crippen molar-refractivity contribution in [1.82, 2.24) is 19.5 Å². The van der Waals surface area contributed by atoms with Crippen molar-refractivity contribution >= 4 is 172 Å². The summed E-state index contributed by atoms with van der Waals surface area (Å²) in [6.07, 6.45) is 0. The van der Waals surface area contributed by atoms with Gasteiger partial charge in [-0.25, -0.2) is 4.98 Å². The van der Waals surface area contributed by atoms with Crippen LogP contribution in [0, 0.1) is 0 Å². The highest BCUT2D eigenvalue weighted by molar-refractivity contribution is 6.71. The summed E-state index contributed by atoms with van der Waals surface area (Å²) in [7, 11) is 52.8. The van der Waals surface area contributed by atoms with Gasteiger partial charge >= 0.3 is 0 Å². The lowest BCUT2D eigenvalue weighted by molar-refractivity contribution is 0.668. The third-order valence-electron chi connectivity index (χ3n) is 11.3. The number of para-hydroxylation sites is 2. The predicted molar refractivity (Wildman–Crippen MR) is 248 cm³/mol. The normalized spacial score (nSPS) is 11.9. The Balaban J connectivity index is 1.26. The number of benzene rings is 7. The molecule has 16 radical (unpaired) electrons. The summed E-state index contributed by atoms with van der Waals surface area (Å²) < 4.78 is 14.7. The molecule has 0 N–H and O–H groups in total. The zero-order valence-corrected chi connectivity index (χ0v) is 31.1. The second-order valence-electron chi connectivity index (χ2n) is 14.5. The Morgan fingerprint density at radius 1 is 0.373 bits per heavy atom. The van der Waals surface area contributed by atoms with Gasteiger partial charge in [0.05, 0.1) is 0 Å². The number of rotatable bonds is 4. The van der Waals surface area contributed by atoms with Gasteiger partial charge in [-0.2, -0.15) is 9.97 Å². The van der Waals surface area contributed by atoms with Crippen molar-refractivity contribution in [1.29, 1.82) is 0 Å². The molecule has 0 amide bonds. The molecular weight excluding hydrogens is 715 g/mol. The van der Waals surface area contributed by atoms with Crippen LogP contribution in [0.2, 0.25) is 0 Å². The van der Waals surface area contributed by atoms with Crippen LogP contribution >= 0.6 is 0 Å². The molecule has 0 fully saturated rings. The second-order valence-corrected chi connectivity index (χ2v) is 14.5. The van der Waals surface area contributed by atoms with Crippen molar-refractivity contribution in [3.63, 3.8) is 0 Å². The number of fused-ring (bicyclic) bond motifs is 9. The largest absolute Gasteiger partial charge is 0.456 e. The molecule has 59 heavy (non-hydrogen) atoms. The molecule has 6 nitrogen and oxygen atoms in total. The maximum Gasteiger partial charge on any atom is 0.238 e. The van der Waals surface area contributed by atoms with Crippen LogP contribution in [0.25, 0.3) is 106 Å². The summed E-state index contributed by atoms with van der Waals surface area (Å²) in [4.78, 5) is 15.3. The standard InChI is InChI=1S/C45H18B8N4O2/c46-32-30-31-33(47)35(49)37(51)39(53)41(31)57(40(30)38(52)36(50)34(32)48)45-55-43(19-9-2-1-3-10-19)54-44(56-45)24-15-8-18-27-29(24)28-21(12-7-17-26(28)58-27)23-14-6-13-22-20-11-4-5-16-25(20)59-42(22)23/h1-18H. The SMILES string of the molecule is [B]c1c([B])c([B])c2c(c1[B])c1c([B])c([B])c([B])c([B])c1n2-c1nc(-c2ccccc2)nc(-c2cccc3oc4cccc(-c5cccc6c5oc5ccccc56)c4c23)n1. The molecule has 4 aromatic heterocycles. The van der Waals surface area contributed by atoms with Crippen LogP contribution in [-0.4, -0.2) is 82.3 Å². The van der Waals surface area contributed by atoms with Gasteiger partial charge in [-0.05, 0) is 34.5 Å². The van der Waals surface area contributed by atoms with Crippen LogP contribution < -0.4 is 43.7 Å². The Kier molecular flexibility index (Phi) is 7.84. The molecule has 0 saturated heterocycles. The zero-order chi connectivity index (χ0) is 40.4. The molecule has 0 bridgehead atoms. The van der Waals surface area contributed by atoms with Crippen LogP contribution in [0.5, 0.6) is 0 Å². The molecule has 0 aliphatic carbocycles. The lowest BCUT2D eigenvalue weighted by Crippen LogP contribution is -2.49. The first kappa shape index (κ1) is 35.6. The first-order valence-electron chi connectivity index (χ1n) is 18.6. The quantitative estimate of drug-likeness (QED) is 0.260. The summed E-state index contributed by atoms with van der Waals surface area (Å²) in [5, 5.41) is 4.42. The fourth-order valence-electron chi connectivity index (χ4n) is 8.45. The van der Waals surface area contributed by atoms with Crippen LogP contribution in [0.4, 0.5) is 0 Å². The van der Waals surface area contributed by atoms with Gasteiger partial charge in [0.2, 0.25) is 5.95 Å². The fraction of sp³-hybridized carbons (Fsp3) is 0. The van der Waals surface area contributed by atoms with E-state index >= 15 is 0 Å². The van der Waals surface area contributed by atoms with Gasteiger partial charge in [0.15, 0.2) is 11.6 Å². The molecule has 0 unspecified atom stereocenters. The lowest BCUT2D eigenvalue weighted by Gasteiger charge is -2.17. The van der Waals surface area contributed by atoms with Crippen LogP contribution in [0.15, 0.2) is 118 Å². The van der Waals surface area contributed by atoms with E-state index in [4.69, 9.17) is 86.6 Å². The van der Waals surface area contributed by atoms with E-state index in [1.54, 1.807) is 4.57 Å². The minimum Gasteiger partial charge on any atom is -0.456 e. The summed E-state index contributed by atoms with van der Waals surface area (Å²) in [5.74, 6) is 0.790. The van der Waals surface area contributed by atoms with Crippen LogP contribution in [-0.2, 0) is 0 Å². The molecule has 0 atom stereocenters. The maximum atomic E-state index is 6.81. The highest BCUT2D eigenvalue weighted by Gasteiger charge is 2.26. The molecule has 0 saturated carbocycles. The highest BCUT2D eigenvalue weighted by Crippen LogP contribution is 2.44. The monoisotopic (exact) mass is 734 g/mol. The number of aromatic nitrogens is 4. The van der Waals surface area contributed by atoms with Gasteiger partial charge < -0.3 is 8.83 Å². The lowest BCUT2D eigenvalue weighted by atomic mass is 9.63. The first-order chi connectivity index (χ1) is 28.6. The van der Waals surface area contributed by atoms with Gasteiger partial charge in [0.1, 0.15) is 85.1 Å². The summed E-state index contributed by atoms with van der Waals surface area (Å²) >= 11 is 0. The molecular formula is C45H18B8N4O2. The number of nitrogens with zero attached hydrogens (tertiary/aromatic N) is 4. The number of hydrogen-bond acceptors (Lipinski definition) is 5. The summed E-state index contributed by atoms with van der Waals surface area (Å²) in [6.45, 7) is 0. The third kappa shape index (κ3) is 5.02. The number of furan rings is 2. The fourth-order valence-corrected chi connectivity index (χ4v) is 8.45. The molecule has 11 rings (SSSR count). The Morgan fingerprint density at radius 3 is 1.56 bits per heavy atom. The Labute approximate surface area is 348 Å². The molecule has 0 aliphatic rings. The third-order valence-corrected chi connectivity index (χ3v) is 11.3. The smallest absolute Gasteiger partial charge is 0.238 e. The van der Waals surface area contributed by atoms with Gasteiger partial charge in [-0.15, -0.1) is 21.9 Å². The van der Waals surface area contributed by atoms with Crippen molar-refractivity contribution in [2.75, 3.05) is 0 Å². The van der Waals surface area contributed by atoms with Gasteiger partial charge in [0, 0.05) is 49.3 Å². The molecule has 11 aromatic rings. The van der Waals surface area contributed by atoms with Crippen molar-refractivity contribution in [2.24, 2.45) is 0 Å². The molecule has 0 aliphatic heterocycles. The van der Waals surface area contributed by atoms with E-state index in [-0.39, 0.29) is 49.7 Å². The van der Waals surface area contributed by atoms with E-state index in [2.05, 4.69) is 24.3 Å². The highest BCUT2D eigenvalue weighted by atomic mass is 16.3. The van der Waals surface area contributed by atoms with E-state index in [1.807, 2.05) is 84.9 Å². The average Bonchev–Trinajstić information content (AvgIpc) is 3.97. The molecule has 0 spiro atoms. The Bertz CT molecular complexity index is 3540. The van der Waals surface area contributed by atoms with Gasteiger partial charge in [0.25, 0.3) is 0 Å². The van der Waals surface area contributed by atoms with E-state index < -0.39 is 0 Å². The van der Waals surface area contributed by atoms with E-state index in [9.17, 15) is 0 Å². The molecule has 7 aromatic carbocycles.